The molecule has 1 aliphatic heterocycles. The van der Waals surface area contributed by atoms with Crippen LogP contribution in [0.2, 0.25) is 0 Å². The molecule has 0 unspecified atom stereocenters. The third kappa shape index (κ3) is 6.66. The maximum Gasteiger partial charge on any atom is 0.247 e. The number of imide groups is 1. The number of rotatable bonds is 10. The Morgan fingerprint density at radius 1 is 1.00 bits per heavy atom. The molecule has 198 valence electrons. The normalized spacial score (nSPS) is 15.5. The van der Waals surface area contributed by atoms with Crippen molar-refractivity contribution in [3.05, 3.63) is 78.4 Å². The molecule has 0 aliphatic carbocycles. The molecule has 1 saturated heterocycles. The molecular formula is C29H31N3O5S. The van der Waals surface area contributed by atoms with E-state index in [9.17, 15) is 9.59 Å². The lowest BCUT2D eigenvalue weighted by Crippen LogP contribution is -2.31. The van der Waals surface area contributed by atoms with Gasteiger partial charge in [-0.15, -0.1) is 0 Å². The standard InChI is InChI=1S/C29H31N3O5S/c1-4-37-23-12-8-11-22(18-23)32-27(33)19-26(28(32)34)38-29(31-21-9-6-5-7-10-21)30-16-15-20-13-14-24(35-2)25(17-20)36-3/h5-14,17-18,26H,4,15-16,19H2,1-3H3,(H,30,31)/t26-/m1/s1. The Kier molecular flexibility index (Phi) is 9.26. The fraction of sp³-hybridized carbons (Fsp3) is 0.276. The highest BCUT2D eigenvalue weighted by atomic mass is 32.2. The van der Waals surface area contributed by atoms with Crippen molar-refractivity contribution in [3.63, 3.8) is 0 Å². The lowest BCUT2D eigenvalue weighted by Gasteiger charge is -2.17. The summed E-state index contributed by atoms with van der Waals surface area (Å²) in [7, 11) is 3.21. The first-order valence-corrected chi connectivity index (χ1v) is 13.2. The second-order valence-corrected chi connectivity index (χ2v) is 9.62. The number of carbonyl (C=O) groups excluding carboxylic acids is 2. The molecular weight excluding hydrogens is 502 g/mol. The van der Waals surface area contributed by atoms with Crippen molar-refractivity contribution in [1.82, 2.24) is 0 Å². The van der Waals surface area contributed by atoms with Gasteiger partial charge in [0.1, 0.15) is 11.0 Å². The van der Waals surface area contributed by atoms with Crippen LogP contribution in [0.3, 0.4) is 0 Å². The number of ether oxygens (including phenoxy) is 3. The minimum atomic E-state index is -0.589. The summed E-state index contributed by atoms with van der Waals surface area (Å²) < 4.78 is 16.3. The van der Waals surface area contributed by atoms with E-state index >= 15 is 0 Å². The Balaban J connectivity index is 1.50. The molecule has 38 heavy (non-hydrogen) atoms. The zero-order valence-corrected chi connectivity index (χ0v) is 22.5. The van der Waals surface area contributed by atoms with Crippen molar-refractivity contribution in [2.75, 3.05) is 37.6 Å². The molecule has 1 aliphatic rings. The topological polar surface area (TPSA) is 89.5 Å². The summed E-state index contributed by atoms with van der Waals surface area (Å²) >= 11 is 1.27. The van der Waals surface area contributed by atoms with Gasteiger partial charge in [-0.25, -0.2) is 4.90 Å². The summed E-state index contributed by atoms with van der Waals surface area (Å²) in [6.45, 7) is 2.86. The van der Waals surface area contributed by atoms with E-state index in [-0.39, 0.29) is 18.2 Å². The van der Waals surface area contributed by atoms with E-state index in [2.05, 4.69) is 5.32 Å². The number of benzene rings is 3. The van der Waals surface area contributed by atoms with Crippen LogP contribution < -0.4 is 24.4 Å². The van der Waals surface area contributed by atoms with Crippen molar-refractivity contribution in [1.29, 1.82) is 0 Å². The number of carbonyl (C=O) groups is 2. The summed E-state index contributed by atoms with van der Waals surface area (Å²) in [4.78, 5) is 32.2. The number of hydrogen-bond acceptors (Lipinski definition) is 7. The summed E-state index contributed by atoms with van der Waals surface area (Å²) in [6, 6.07) is 22.4. The fourth-order valence-electron chi connectivity index (χ4n) is 4.06. The smallest absolute Gasteiger partial charge is 0.247 e. The van der Waals surface area contributed by atoms with Crippen molar-refractivity contribution >= 4 is 40.1 Å². The highest BCUT2D eigenvalue weighted by Crippen LogP contribution is 2.32. The van der Waals surface area contributed by atoms with Crippen LogP contribution in [0, 0.1) is 0 Å². The van der Waals surface area contributed by atoms with Gasteiger partial charge in [0.25, 0.3) is 0 Å². The number of amidine groups is 1. The van der Waals surface area contributed by atoms with Gasteiger partial charge in [0, 0.05) is 24.7 Å². The van der Waals surface area contributed by atoms with E-state index in [1.165, 1.54) is 16.7 Å². The number of hydrogen-bond donors (Lipinski definition) is 1. The summed E-state index contributed by atoms with van der Waals surface area (Å²) in [5.74, 6) is 1.43. The van der Waals surface area contributed by atoms with Gasteiger partial charge in [0.05, 0.1) is 26.5 Å². The Bertz CT molecular complexity index is 1300. The van der Waals surface area contributed by atoms with Crippen molar-refractivity contribution < 1.29 is 23.8 Å². The summed E-state index contributed by atoms with van der Waals surface area (Å²) in [5, 5.41) is 3.30. The molecule has 3 aromatic rings. The quantitative estimate of drug-likeness (QED) is 0.218. The fourth-order valence-corrected chi connectivity index (χ4v) is 5.10. The molecule has 0 spiro atoms. The average Bonchev–Trinajstić information content (AvgIpc) is 3.21. The lowest BCUT2D eigenvalue weighted by atomic mass is 10.1. The average molecular weight is 534 g/mol. The maximum absolute atomic E-state index is 13.3. The minimum Gasteiger partial charge on any atom is -0.494 e. The number of para-hydroxylation sites is 1. The number of nitrogens with zero attached hydrogens (tertiary/aromatic N) is 2. The van der Waals surface area contributed by atoms with Gasteiger partial charge in [-0.2, -0.15) is 0 Å². The van der Waals surface area contributed by atoms with Gasteiger partial charge in [-0.05, 0) is 55.3 Å². The molecule has 8 nitrogen and oxygen atoms in total. The number of anilines is 2. The van der Waals surface area contributed by atoms with Crippen LogP contribution >= 0.6 is 11.8 Å². The summed E-state index contributed by atoms with van der Waals surface area (Å²) in [6.07, 6.45) is 0.752. The van der Waals surface area contributed by atoms with E-state index in [1.54, 1.807) is 38.5 Å². The molecule has 0 radical (unpaired) electrons. The van der Waals surface area contributed by atoms with E-state index in [0.29, 0.717) is 47.7 Å². The van der Waals surface area contributed by atoms with Gasteiger partial charge >= 0.3 is 0 Å². The molecule has 0 bridgehead atoms. The number of aliphatic imine (C=N–C) groups is 1. The first-order valence-electron chi connectivity index (χ1n) is 12.4. The van der Waals surface area contributed by atoms with Crippen LogP contribution in [-0.4, -0.2) is 49.6 Å². The Morgan fingerprint density at radius 3 is 2.53 bits per heavy atom. The largest absolute Gasteiger partial charge is 0.494 e. The van der Waals surface area contributed by atoms with Crippen LogP contribution in [-0.2, 0) is 16.0 Å². The predicted octanol–water partition coefficient (Wildman–Crippen LogP) is 5.18. The van der Waals surface area contributed by atoms with Crippen molar-refractivity contribution in [2.24, 2.45) is 4.99 Å². The third-order valence-electron chi connectivity index (χ3n) is 5.87. The highest BCUT2D eigenvalue weighted by Gasteiger charge is 2.41. The van der Waals surface area contributed by atoms with Gasteiger partial charge < -0.3 is 19.5 Å². The molecule has 1 heterocycles. The maximum atomic E-state index is 13.3. The van der Waals surface area contributed by atoms with Gasteiger partial charge in [-0.3, -0.25) is 14.6 Å². The Labute approximate surface area is 227 Å². The van der Waals surface area contributed by atoms with Gasteiger partial charge in [0.15, 0.2) is 16.7 Å². The van der Waals surface area contributed by atoms with Gasteiger partial charge in [0.2, 0.25) is 11.8 Å². The summed E-state index contributed by atoms with van der Waals surface area (Å²) in [5.41, 5.74) is 2.41. The minimum absolute atomic E-state index is 0.0908. The second kappa shape index (κ2) is 13.0. The van der Waals surface area contributed by atoms with E-state index in [0.717, 1.165) is 11.3 Å². The molecule has 2 amide bonds. The Hall–Kier alpha value is -3.98. The molecule has 1 fully saturated rings. The zero-order chi connectivity index (χ0) is 26.9. The van der Waals surface area contributed by atoms with E-state index in [4.69, 9.17) is 19.2 Å². The number of methoxy groups -OCH3 is 2. The monoisotopic (exact) mass is 533 g/mol. The SMILES string of the molecule is CCOc1cccc(N2C(=O)C[C@@H](SC(=NCCc3ccc(OC)c(OC)c3)Nc3ccccc3)C2=O)c1. The Morgan fingerprint density at radius 2 is 1.79 bits per heavy atom. The van der Waals surface area contributed by atoms with Crippen molar-refractivity contribution in [3.8, 4) is 17.2 Å². The lowest BCUT2D eigenvalue weighted by molar-refractivity contribution is -0.121. The molecule has 1 N–H and O–H groups in total. The van der Waals surface area contributed by atoms with Crippen LogP contribution in [0.1, 0.15) is 18.9 Å². The van der Waals surface area contributed by atoms with Gasteiger partial charge in [-0.1, -0.05) is 42.1 Å². The second-order valence-electron chi connectivity index (χ2n) is 8.43. The van der Waals surface area contributed by atoms with Crippen molar-refractivity contribution in [2.45, 2.75) is 25.0 Å². The van der Waals surface area contributed by atoms with Crippen LogP contribution in [0.5, 0.6) is 17.2 Å². The van der Waals surface area contributed by atoms with Crippen LogP contribution in [0.25, 0.3) is 0 Å². The van der Waals surface area contributed by atoms with E-state index in [1.807, 2.05) is 55.5 Å². The zero-order valence-electron chi connectivity index (χ0n) is 21.7. The van der Waals surface area contributed by atoms with E-state index < -0.39 is 5.25 Å². The number of nitrogens with one attached hydrogen (secondary N) is 1. The molecule has 0 aromatic heterocycles. The first-order chi connectivity index (χ1) is 18.5. The number of thioether (sulfide) groups is 1. The molecule has 1 atom stereocenters. The highest BCUT2D eigenvalue weighted by molar-refractivity contribution is 8.15. The van der Waals surface area contributed by atoms with Crippen LogP contribution in [0.4, 0.5) is 11.4 Å². The number of amides is 2. The molecule has 4 rings (SSSR count). The third-order valence-corrected chi connectivity index (χ3v) is 6.98. The molecule has 0 saturated carbocycles. The van der Waals surface area contributed by atoms with Crippen LogP contribution in [0.15, 0.2) is 77.8 Å². The predicted molar refractivity (Wildman–Crippen MR) is 152 cm³/mol. The molecule has 9 heteroatoms. The molecule has 3 aromatic carbocycles. The first kappa shape index (κ1) is 27.1.